The summed E-state index contributed by atoms with van der Waals surface area (Å²) < 4.78 is 38.0. The number of hydrogen-bond acceptors (Lipinski definition) is 2. The Morgan fingerprint density at radius 1 is 1.29 bits per heavy atom. The molecule has 0 saturated heterocycles. The largest absolute Gasteiger partial charge is 0.434 e. The second kappa shape index (κ2) is 2.70. The minimum atomic E-state index is -4.40. The third-order valence-corrected chi connectivity index (χ3v) is 1.76. The molecule has 14 heavy (non-hydrogen) atoms. The minimum Gasteiger partial charge on any atom is -0.303 e. The van der Waals surface area contributed by atoms with Crippen molar-refractivity contribution in [1.82, 2.24) is 14.4 Å². The molecule has 0 bridgehead atoms. The summed E-state index contributed by atoms with van der Waals surface area (Å²) in [6.07, 6.45) is -0.647. The van der Waals surface area contributed by atoms with Gasteiger partial charge in [-0.1, -0.05) is 0 Å². The van der Waals surface area contributed by atoms with Crippen molar-refractivity contribution in [2.75, 3.05) is 0 Å². The molecule has 0 aromatic carbocycles. The highest BCUT2D eigenvalue weighted by molar-refractivity contribution is 5.38. The highest BCUT2D eigenvalue weighted by Crippen LogP contribution is 2.28. The van der Waals surface area contributed by atoms with E-state index < -0.39 is 11.9 Å². The van der Waals surface area contributed by atoms with Gasteiger partial charge in [-0.05, 0) is 6.92 Å². The van der Waals surface area contributed by atoms with Gasteiger partial charge in [-0.25, -0.2) is 4.98 Å². The second-order valence-corrected chi connectivity index (χ2v) is 2.92. The normalized spacial score (nSPS) is 12.3. The average molecular weight is 201 g/mol. The van der Waals surface area contributed by atoms with Crippen molar-refractivity contribution >= 4 is 5.65 Å². The quantitative estimate of drug-likeness (QED) is 0.653. The molecule has 6 heteroatoms. The van der Waals surface area contributed by atoms with E-state index in [1.165, 1.54) is 16.8 Å². The number of alkyl halides is 3. The maximum Gasteiger partial charge on any atom is 0.434 e. The van der Waals surface area contributed by atoms with Crippen LogP contribution in [0.25, 0.3) is 5.65 Å². The summed E-state index contributed by atoms with van der Waals surface area (Å²) in [6.45, 7) is 1.70. The van der Waals surface area contributed by atoms with E-state index in [-0.39, 0.29) is 5.65 Å². The Morgan fingerprint density at radius 2 is 2.00 bits per heavy atom. The van der Waals surface area contributed by atoms with E-state index in [1.54, 1.807) is 6.92 Å². The number of aryl methyl sites for hydroxylation is 1. The summed E-state index contributed by atoms with van der Waals surface area (Å²) in [7, 11) is 0. The van der Waals surface area contributed by atoms with Gasteiger partial charge in [-0.3, -0.25) is 4.98 Å². The molecule has 0 atom stereocenters. The first-order valence-electron chi connectivity index (χ1n) is 3.85. The molecule has 74 valence electrons. The number of fused-ring (bicyclic) bond motifs is 1. The van der Waals surface area contributed by atoms with Gasteiger partial charge in [0.1, 0.15) is 0 Å². The van der Waals surface area contributed by atoms with Crippen LogP contribution in [0.2, 0.25) is 0 Å². The Morgan fingerprint density at radius 3 is 2.64 bits per heavy atom. The Bertz CT molecular complexity index is 472. The van der Waals surface area contributed by atoms with Gasteiger partial charge in [-0.2, -0.15) is 13.2 Å². The fourth-order valence-electron chi connectivity index (χ4n) is 1.14. The molecule has 2 aromatic heterocycles. The lowest BCUT2D eigenvalue weighted by atomic mass is 10.5. The lowest BCUT2D eigenvalue weighted by Crippen LogP contribution is -2.04. The third kappa shape index (κ3) is 1.43. The Balaban J connectivity index is 2.63. The first kappa shape index (κ1) is 8.98. The first-order chi connectivity index (χ1) is 6.47. The Labute approximate surface area is 77.2 Å². The van der Waals surface area contributed by atoms with Crippen molar-refractivity contribution in [1.29, 1.82) is 0 Å². The molecular formula is C8H6F3N3. The third-order valence-electron chi connectivity index (χ3n) is 1.76. The standard InChI is InChI=1S/C8H6F3N3/c1-5-3-14-4-6(8(9,10)11)13-7(14)2-12-5/h2-4H,1H3. The van der Waals surface area contributed by atoms with Crippen molar-refractivity contribution in [2.24, 2.45) is 0 Å². The zero-order valence-electron chi connectivity index (χ0n) is 7.21. The molecular weight excluding hydrogens is 195 g/mol. The van der Waals surface area contributed by atoms with Crippen LogP contribution in [-0.4, -0.2) is 14.4 Å². The van der Waals surface area contributed by atoms with E-state index in [0.717, 1.165) is 6.20 Å². The fraction of sp³-hybridized carbons (Fsp3) is 0.250. The van der Waals surface area contributed by atoms with E-state index in [9.17, 15) is 13.2 Å². The van der Waals surface area contributed by atoms with Crippen LogP contribution in [0.1, 0.15) is 11.4 Å². The van der Waals surface area contributed by atoms with E-state index in [2.05, 4.69) is 9.97 Å². The van der Waals surface area contributed by atoms with Gasteiger partial charge in [0, 0.05) is 12.4 Å². The van der Waals surface area contributed by atoms with Gasteiger partial charge in [0.2, 0.25) is 0 Å². The number of halogens is 3. The molecule has 0 N–H and O–H groups in total. The summed E-state index contributed by atoms with van der Waals surface area (Å²) in [5.41, 5.74) is -0.0588. The predicted octanol–water partition coefficient (Wildman–Crippen LogP) is 2.06. The van der Waals surface area contributed by atoms with Gasteiger partial charge in [-0.15, -0.1) is 0 Å². The van der Waals surface area contributed by atoms with Crippen LogP contribution < -0.4 is 0 Å². The van der Waals surface area contributed by atoms with Gasteiger partial charge in [0.25, 0.3) is 0 Å². The van der Waals surface area contributed by atoms with E-state index in [4.69, 9.17) is 0 Å². The molecule has 0 amide bonds. The first-order valence-corrected chi connectivity index (χ1v) is 3.85. The molecule has 2 heterocycles. The second-order valence-electron chi connectivity index (χ2n) is 2.92. The van der Waals surface area contributed by atoms with Crippen LogP contribution in [0.3, 0.4) is 0 Å². The number of aromatic nitrogens is 3. The van der Waals surface area contributed by atoms with E-state index >= 15 is 0 Å². The molecule has 0 aliphatic rings. The summed E-state index contributed by atoms with van der Waals surface area (Å²) >= 11 is 0. The fourth-order valence-corrected chi connectivity index (χ4v) is 1.14. The Kier molecular flexibility index (Phi) is 1.73. The number of rotatable bonds is 0. The highest BCUT2D eigenvalue weighted by Gasteiger charge is 2.33. The van der Waals surface area contributed by atoms with E-state index in [0.29, 0.717) is 5.69 Å². The van der Waals surface area contributed by atoms with Crippen LogP contribution in [0.5, 0.6) is 0 Å². The van der Waals surface area contributed by atoms with Crippen molar-refractivity contribution < 1.29 is 13.2 Å². The predicted molar refractivity (Wildman–Crippen MR) is 42.7 cm³/mol. The lowest BCUT2D eigenvalue weighted by Gasteiger charge is -1.98. The lowest BCUT2D eigenvalue weighted by molar-refractivity contribution is -0.140. The summed E-state index contributed by atoms with van der Waals surface area (Å²) in [6, 6.07) is 0. The molecule has 3 nitrogen and oxygen atoms in total. The van der Waals surface area contributed by atoms with Crippen LogP contribution in [0.4, 0.5) is 13.2 Å². The van der Waals surface area contributed by atoms with Gasteiger partial charge in [0.15, 0.2) is 11.3 Å². The molecule has 2 aromatic rings. The van der Waals surface area contributed by atoms with Crippen LogP contribution in [-0.2, 0) is 6.18 Å². The molecule has 2 rings (SSSR count). The van der Waals surface area contributed by atoms with Gasteiger partial charge in [0.05, 0.1) is 11.9 Å². The SMILES string of the molecule is Cc1cn2cc(C(F)(F)F)nc2cn1. The molecule has 0 unspecified atom stereocenters. The molecule has 0 aliphatic heterocycles. The Hall–Kier alpha value is -1.59. The van der Waals surface area contributed by atoms with Crippen molar-refractivity contribution in [3.8, 4) is 0 Å². The molecule has 0 radical (unpaired) electrons. The maximum absolute atomic E-state index is 12.2. The monoisotopic (exact) mass is 201 g/mol. The molecule has 0 fully saturated rings. The van der Waals surface area contributed by atoms with Crippen LogP contribution in [0.15, 0.2) is 18.6 Å². The van der Waals surface area contributed by atoms with Crippen LogP contribution in [0, 0.1) is 6.92 Å². The molecule has 0 saturated carbocycles. The van der Waals surface area contributed by atoms with Crippen molar-refractivity contribution in [3.63, 3.8) is 0 Å². The van der Waals surface area contributed by atoms with Crippen LogP contribution >= 0.6 is 0 Å². The summed E-state index contributed by atoms with van der Waals surface area (Å²) in [4.78, 5) is 7.25. The van der Waals surface area contributed by atoms with Crippen molar-refractivity contribution in [2.45, 2.75) is 13.1 Å². The summed E-state index contributed by atoms with van der Waals surface area (Å²) in [5.74, 6) is 0. The zero-order chi connectivity index (χ0) is 10.3. The number of imidazole rings is 1. The minimum absolute atomic E-state index is 0.197. The number of hydrogen-bond donors (Lipinski definition) is 0. The molecule has 0 aliphatic carbocycles. The topological polar surface area (TPSA) is 30.2 Å². The van der Waals surface area contributed by atoms with Crippen molar-refractivity contribution in [3.05, 3.63) is 30.0 Å². The highest BCUT2D eigenvalue weighted by atomic mass is 19.4. The van der Waals surface area contributed by atoms with E-state index in [1.807, 2.05) is 0 Å². The molecule has 0 spiro atoms. The smallest absolute Gasteiger partial charge is 0.303 e. The maximum atomic E-state index is 12.2. The van der Waals surface area contributed by atoms with Gasteiger partial charge >= 0.3 is 6.18 Å². The average Bonchev–Trinajstić information content (AvgIpc) is 2.45. The summed E-state index contributed by atoms with van der Waals surface area (Å²) in [5, 5.41) is 0. The van der Waals surface area contributed by atoms with Gasteiger partial charge < -0.3 is 4.40 Å². The number of nitrogens with zero attached hydrogens (tertiary/aromatic N) is 3. The zero-order valence-corrected chi connectivity index (χ0v) is 7.21.